The summed E-state index contributed by atoms with van der Waals surface area (Å²) in [6.45, 7) is 8.52. The maximum absolute atomic E-state index is 4.63. The molecule has 0 spiro atoms. The second-order valence-corrected chi connectivity index (χ2v) is 4.67. The number of aryl methyl sites for hydroxylation is 2. The van der Waals surface area contributed by atoms with Crippen LogP contribution in [0.2, 0.25) is 0 Å². The maximum Gasteiger partial charge on any atom is 0.148 e. The van der Waals surface area contributed by atoms with Crippen LogP contribution in [0.4, 0.5) is 5.82 Å². The molecule has 1 aromatic heterocycles. The lowest BCUT2D eigenvalue weighted by molar-refractivity contribution is 0.750. The monoisotopic (exact) mass is 285 g/mol. The van der Waals surface area contributed by atoms with E-state index in [0.29, 0.717) is 6.04 Å². The first-order chi connectivity index (χ1) is 7.62. The van der Waals surface area contributed by atoms with E-state index in [1.807, 2.05) is 0 Å². The van der Waals surface area contributed by atoms with Gasteiger partial charge in [-0.3, -0.25) is 0 Å². The van der Waals surface area contributed by atoms with Crippen LogP contribution < -0.4 is 5.32 Å². The second kappa shape index (κ2) is 6.18. The lowest BCUT2D eigenvalue weighted by Gasteiger charge is -2.16. The molecule has 0 saturated carbocycles. The first kappa shape index (κ1) is 13.4. The zero-order valence-corrected chi connectivity index (χ0v) is 12.1. The van der Waals surface area contributed by atoms with Crippen LogP contribution in [0.25, 0.3) is 0 Å². The maximum atomic E-state index is 4.63. The lowest BCUT2D eigenvalue weighted by atomic mass is 10.2. The van der Waals surface area contributed by atoms with Gasteiger partial charge in [0.15, 0.2) is 0 Å². The molecule has 0 bridgehead atoms. The van der Waals surface area contributed by atoms with Crippen LogP contribution in [-0.2, 0) is 12.8 Å². The zero-order valence-electron chi connectivity index (χ0n) is 10.5. The minimum absolute atomic E-state index is 0.436. The molecule has 16 heavy (non-hydrogen) atoms. The second-order valence-electron chi connectivity index (χ2n) is 3.92. The standard InChI is InChI=1S/C12H20BrN3/c1-5-8(4)14-12-10(7-3)15-11(13)9(6-2)16-12/h8H,5-7H2,1-4H3,(H,14,16)/t8-/m1/s1. The Morgan fingerprint density at radius 3 is 2.25 bits per heavy atom. The average molecular weight is 286 g/mol. The molecular weight excluding hydrogens is 266 g/mol. The highest BCUT2D eigenvalue weighted by Crippen LogP contribution is 2.20. The molecule has 0 aliphatic carbocycles. The van der Waals surface area contributed by atoms with Gasteiger partial charge in [0.1, 0.15) is 10.4 Å². The fourth-order valence-electron chi connectivity index (χ4n) is 1.40. The van der Waals surface area contributed by atoms with E-state index in [2.05, 4.69) is 58.9 Å². The van der Waals surface area contributed by atoms with Crippen LogP contribution in [0.1, 0.15) is 45.5 Å². The summed E-state index contributed by atoms with van der Waals surface area (Å²) in [5.74, 6) is 0.942. The highest BCUT2D eigenvalue weighted by Gasteiger charge is 2.11. The Kier molecular flexibility index (Phi) is 5.19. The molecule has 1 atom stereocenters. The summed E-state index contributed by atoms with van der Waals surface area (Å²) in [5, 5.41) is 3.42. The summed E-state index contributed by atoms with van der Waals surface area (Å²) in [6, 6.07) is 0.436. The highest BCUT2D eigenvalue weighted by atomic mass is 79.9. The average Bonchev–Trinajstić information content (AvgIpc) is 2.30. The van der Waals surface area contributed by atoms with Gasteiger partial charge in [-0.25, -0.2) is 9.97 Å². The Morgan fingerprint density at radius 2 is 1.75 bits per heavy atom. The predicted molar refractivity (Wildman–Crippen MR) is 71.9 cm³/mol. The van der Waals surface area contributed by atoms with Gasteiger partial charge in [-0.2, -0.15) is 0 Å². The van der Waals surface area contributed by atoms with E-state index in [1.54, 1.807) is 0 Å². The topological polar surface area (TPSA) is 37.8 Å². The van der Waals surface area contributed by atoms with Gasteiger partial charge in [0.05, 0.1) is 11.4 Å². The van der Waals surface area contributed by atoms with E-state index in [-0.39, 0.29) is 0 Å². The number of anilines is 1. The Balaban J connectivity index is 3.04. The lowest BCUT2D eigenvalue weighted by Crippen LogP contribution is -2.17. The molecule has 0 aliphatic heterocycles. The predicted octanol–water partition coefficient (Wildman–Crippen LogP) is 3.57. The third-order valence-corrected chi connectivity index (χ3v) is 3.29. The summed E-state index contributed by atoms with van der Waals surface area (Å²) in [7, 11) is 0. The smallest absolute Gasteiger partial charge is 0.148 e. The van der Waals surface area contributed by atoms with Crippen LogP contribution in [0, 0.1) is 0 Å². The first-order valence-corrected chi connectivity index (χ1v) is 6.73. The van der Waals surface area contributed by atoms with Crippen LogP contribution in [0.3, 0.4) is 0 Å². The molecule has 1 heterocycles. The molecule has 0 amide bonds. The van der Waals surface area contributed by atoms with Crippen LogP contribution >= 0.6 is 15.9 Å². The van der Waals surface area contributed by atoms with Crippen molar-refractivity contribution in [2.24, 2.45) is 0 Å². The Morgan fingerprint density at radius 1 is 1.12 bits per heavy atom. The van der Waals surface area contributed by atoms with Crippen molar-refractivity contribution in [3.8, 4) is 0 Å². The number of hydrogen-bond donors (Lipinski definition) is 1. The number of rotatable bonds is 5. The molecule has 0 aliphatic rings. The molecule has 1 rings (SSSR count). The molecule has 0 unspecified atom stereocenters. The Labute approximate surface area is 106 Å². The summed E-state index contributed by atoms with van der Waals surface area (Å²) >= 11 is 3.46. The molecule has 0 aromatic carbocycles. The SMILES string of the molecule is CCc1nc(N[C@H](C)CC)c(CC)nc1Br. The molecule has 1 N–H and O–H groups in total. The molecule has 3 nitrogen and oxygen atoms in total. The van der Waals surface area contributed by atoms with Gasteiger partial charge in [-0.05, 0) is 42.1 Å². The van der Waals surface area contributed by atoms with Crippen molar-refractivity contribution in [3.05, 3.63) is 16.0 Å². The molecule has 90 valence electrons. The van der Waals surface area contributed by atoms with E-state index in [1.165, 1.54) is 0 Å². The van der Waals surface area contributed by atoms with E-state index in [9.17, 15) is 0 Å². The van der Waals surface area contributed by atoms with Gasteiger partial charge in [0, 0.05) is 6.04 Å². The fourth-order valence-corrected chi connectivity index (χ4v) is 1.99. The molecular formula is C12H20BrN3. The summed E-state index contributed by atoms with van der Waals surface area (Å²) in [6.07, 6.45) is 2.88. The van der Waals surface area contributed by atoms with Crippen molar-refractivity contribution in [1.29, 1.82) is 0 Å². The van der Waals surface area contributed by atoms with Crippen molar-refractivity contribution in [1.82, 2.24) is 9.97 Å². The number of nitrogens with one attached hydrogen (secondary N) is 1. The highest BCUT2D eigenvalue weighted by molar-refractivity contribution is 9.10. The van der Waals surface area contributed by atoms with Crippen molar-refractivity contribution in [2.45, 2.75) is 53.0 Å². The van der Waals surface area contributed by atoms with Gasteiger partial charge in [-0.15, -0.1) is 0 Å². The van der Waals surface area contributed by atoms with Crippen molar-refractivity contribution < 1.29 is 0 Å². The molecule has 0 fully saturated rings. The molecule has 0 radical (unpaired) electrons. The van der Waals surface area contributed by atoms with E-state index >= 15 is 0 Å². The van der Waals surface area contributed by atoms with Gasteiger partial charge < -0.3 is 5.32 Å². The third kappa shape index (κ3) is 3.17. The Bertz CT molecular complexity index is 352. The number of nitrogens with zero attached hydrogens (tertiary/aromatic N) is 2. The number of aromatic nitrogens is 2. The van der Waals surface area contributed by atoms with Crippen LogP contribution in [-0.4, -0.2) is 16.0 Å². The first-order valence-electron chi connectivity index (χ1n) is 5.94. The minimum atomic E-state index is 0.436. The largest absolute Gasteiger partial charge is 0.366 e. The van der Waals surface area contributed by atoms with E-state index in [4.69, 9.17) is 0 Å². The van der Waals surface area contributed by atoms with Gasteiger partial charge in [0.25, 0.3) is 0 Å². The van der Waals surface area contributed by atoms with Gasteiger partial charge >= 0.3 is 0 Å². The normalized spacial score (nSPS) is 12.6. The molecule has 4 heteroatoms. The number of hydrogen-bond acceptors (Lipinski definition) is 3. The van der Waals surface area contributed by atoms with Crippen molar-refractivity contribution in [2.75, 3.05) is 5.32 Å². The van der Waals surface area contributed by atoms with Crippen molar-refractivity contribution in [3.63, 3.8) is 0 Å². The van der Waals surface area contributed by atoms with Gasteiger partial charge in [-0.1, -0.05) is 20.8 Å². The quantitative estimate of drug-likeness (QED) is 0.899. The molecule has 0 saturated heterocycles. The fraction of sp³-hybridized carbons (Fsp3) is 0.667. The third-order valence-electron chi connectivity index (χ3n) is 2.66. The summed E-state index contributed by atoms with van der Waals surface area (Å²) < 4.78 is 0.876. The zero-order chi connectivity index (χ0) is 12.1. The van der Waals surface area contributed by atoms with Crippen molar-refractivity contribution >= 4 is 21.7 Å². The van der Waals surface area contributed by atoms with Gasteiger partial charge in [0.2, 0.25) is 0 Å². The summed E-state index contributed by atoms with van der Waals surface area (Å²) in [5.41, 5.74) is 2.05. The van der Waals surface area contributed by atoms with E-state index in [0.717, 1.165) is 41.1 Å². The molecule has 1 aromatic rings. The number of halogens is 1. The minimum Gasteiger partial charge on any atom is -0.366 e. The van der Waals surface area contributed by atoms with Crippen LogP contribution in [0.15, 0.2) is 4.60 Å². The Hall–Kier alpha value is -0.640. The summed E-state index contributed by atoms with van der Waals surface area (Å²) in [4.78, 5) is 9.17. The van der Waals surface area contributed by atoms with E-state index < -0.39 is 0 Å². The van der Waals surface area contributed by atoms with Crippen LogP contribution in [0.5, 0.6) is 0 Å².